The van der Waals surface area contributed by atoms with Crippen LogP contribution in [0.4, 0.5) is 5.13 Å². The number of aliphatic carboxylic acids is 1. The first kappa shape index (κ1) is 27.3. The Balaban J connectivity index is 1.28. The highest BCUT2D eigenvalue weighted by Gasteiger charge is 2.54. The van der Waals surface area contributed by atoms with Gasteiger partial charge in [0.05, 0.1) is 7.05 Å². The summed E-state index contributed by atoms with van der Waals surface area (Å²) >= 11 is 4.08. The van der Waals surface area contributed by atoms with Crippen molar-refractivity contribution in [2.75, 3.05) is 29.7 Å². The van der Waals surface area contributed by atoms with E-state index in [4.69, 9.17) is 10.6 Å². The molecule has 2 aromatic heterocycles. The van der Waals surface area contributed by atoms with Crippen LogP contribution in [0, 0.1) is 0 Å². The van der Waals surface area contributed by atoms with Crippen molar-refractivity contribution in [2.45, 2.75) is 48.1 Å². The number of carboxylic acid groups (broad SMARTS) is 1. The van der Waals surface area contributed by atoms with Gasteiger partial charge in [0.15, 0.2) is 10.8 Å². The molecule has 5 rings (SSSR count). The van der Waals surface area contributed by atoms with Crippen LogP contribution < -0.4 is 21.2 Å². The fraction of sp³-hybridized carbons (Fsp3) is 0.417. The molecule has 4 heterocycles. The number of hydrogen-bond donors (Lipinski definition) is 4. The predicted octanol–water partition coefficient (Wildman–Crippen LogP) is 1.38. The number of aromatic nitrogens is 2. The highest BCUT2D eigenvalue weighted by molar-refractivity contribution is 8.01. The van der Waals surface area contributed by atoms with Crippen LogP contribution in [0.15, 0.2) is 51.2 Å². The van der Waals surface area contributed by atoms with E-state index in [1.807, 2.05) is 24.5 Å². The molecule has 1 saturated heterocycles. The van der Waals surface area contributed by atoms with E-state index in [0.717, 1.165) is 30.6 Å². The second kappa shape index (κ2) is 11.8. The maximum atomic E-state index is 13.2. The monoisotopic (exact) mass is 590 g/mol. The van der Waals surface area contributed by atoms with Gasteiger partial charge in [0, 0.05) is 33.9 Å². The standard InChI is InChI=1S/C24H27N7O5S3/c1-26-30-8-6-15(7-9-30)37-10-13-11-38-22-18(21(33)31(22)19(13)23(34)35)28-20(32)17(16-12-39-24(25)27-16)29-36-14-4-2-3-5-14/h6-9,12,14,18,22,26H,2-5,10-11H2,1H3,(H3-,25,27,28,32,34,35)/p+1/b29-17-/t18-,22-/m1/s1. The Morgan fingerprint density at radius 2 is 2.08 bits per heavy atom. The van der Waals surface area contributed by atoms with E-state index in [1.165, 1.54) is 39.8 Å². The Hall–Kier alpha value is -3.30. The number of pyridine rings is 1. The van der Waals surface area contributed by atoms with Crippen LogP contribution in [0.5, 0.6) is 0 Å². The minimum Gasteiger partial charge on any atom is -0.477 e. The number of nitrogens with one attached hydrogen (secondary N) is 2. The first-order valence-electron chi connectivity index (χ1n) is 12.3. The molecule has 12 nitrogen and oxygen atoms in total. The van der Waals surface area contributed by atoms with Crippen molar-refractivity contribution >= 4 is 63.5 Å². The summed E-state index contributed by atoms with van der Waals surface area (Å²) in [6.07, 6.45) is 7.45. The second-order valence-corrected chi connectivity index (χ2v) is 12.1. The van der Waals surface area contributed by atoms with E-state index in [0.29, 0.717) is 17.1 Å². The molecular weight excluding hydrogens is 563 g/mol. The number of hydrogen-bond acceptors (Lipinski definition) is 11. The van der Waals surface area contributed by atoms with Crippen LogP contribution >= 0.6 is 34.9 Å². The number of carboxylic acids is 1. The van der Waals surface area contributed by atoms with Crippen LogP contribution in [-0.2, 0) is 19.2 Å². The minimum absolute atomic E-state index is 0.0197. The molecule has 206 valence electrons. The van der Waals surface area contributed by atoms with Gasteiger partial charge in [-0.15, -0.1) is 34.9 Å². The normalized spacial score (nSPS) is 21.4. The van der Waals surface area contributed by atoms with E-state index in [9.17, 15) is 19.5 Å². The smallest absolute Gasteiger partial charge is 0.352 e. The van der Waals surface area contributed by atoms with Gasteiger partial charge < -0.3 is 21.0 Å². The van der Waals surface area contributed by atoms with Crippen LogP contribution in [0.25, 0.3) is 0 Å². The summed E-state index contributed by atoms with van der Waals surface area (Å²) in [6.45, 7) is 0. The molecule has 0 aromatic carbocycles. The maximum Gasteiger partial charge on any atom is 0.352 e. The number of β-lactam (4-membered cyclic amide) rings is 1. The number of thiazole rings is 1. The molecular formula is C24H28N7O5S3+. The Labute approximate surface area is 237 Å². The zero-order chi connectivity index (χ0) is 27.5. The van der Waals surface area contributed by atoms with Gasteiger partial charge >= 0.3 is 5.97 Å². The number of fused-ring (bicyclic) bond motifs is 1. The summed E-state index contributed by atoms with van der Waals surface area (Å²) in [5.74, 6) is -1.43. The van der Waals surface area contributed by atoms with E-state index >= 15 is 0 Å². The number of anilines is 1. The number of thioether (sulfide) groups is 2. The van der Waals surface area contributed by atoms with E-state index in [1.54, 1.807) is 17.1 Å². The lowest BCUT2D eigenvalue weighted by molar-refractivity contribution is -0.647. The SMILES string of the molecule is CN[n+]1ccc(SCC2=C(C(=O)O)N3C(=O)[C@@H](NC(=O)/C(=N\OC4CCCC4)c4csc(N)n4)[C@H]3SC2)cc1. The Bertz CT molecular complexity index is 1320. The summed E-state index contributed by atoms with van der Waals surface area (Å²) < 4.78 is 1.79. The number of oxime groups is 1. The van der Waals surface area contributed by atoms with Gasteiger partial charge in [-0.25, -0.2) is 9.78 Å². The first-order valence-corrected chi connectivity index (χ1v) is 15.2. The van der Waals surface area contributed by atoms with Crippen molar-refractivity contribution in [1.29, 1.82) is 0 Å². The highest BCUT2D eigenvalue weighted by atomic mass is 32.2. The summed E-state index contributed by atoms with van der Waals surface area (Å²) in [5, 5.41) is 18.1. The molecule has 39 heavy (non-hydrogen) atoms. The van der Waals surface area contributed by atoms with Crippen LogP contribution in [0.1, 0.15) is 31.4 Å². The average molecular weight is 591 g/mol. The van der Waals surface area contributed by atoms with Gasteiger partial charge in [0.2, 0.25) is 12.4 Å². The van der Waals surface area contributed by atoms with Gasteiger partial charge in [-0.3, -0.25) is 14.5 Å². The lowest BCUT2D eigenvalue weighted by Crippen LogP contribution is -2.71. The number of nitrogens with zero attached hydrogens (tertiary/aromatic N) is 4. The van der Waals surface area contributed by atoms with E-state index in [-0.39, 0.29) is 28.3 Å². The quantitative estimate of drug-likeness (QED) is 0.105. The van der Waals surface area contributed by atoms with Crippen LogP contribution in [-0.4, -0.2) is 74.6 Å². The molecule has 2 aromatic rings. The van der Waals surface area contributed by atoms with Gasteiger partial charge in [0.25, 0.3) is 11.8 Å². The fourth-order valence-corrected chi connectivity index (χ4v) is 7.47. The number of rotatable bonds is 10. The predicted molar refractivity (Wildman–Crippen MR) is 149 cm³/mol. The van der Waals surface area contributed by atoms with E-state index in [2.05, 4.69) is 20.9 Å². The second-order valence-electron chi connectivity index (χ2n) is 9.09. The molecule has 5 N–H and O–H groups in total. The largest absolute Gasteiger partial charge is 0.477 e. The maximum absolute atomic E-state index is 13.2. The molecule has 0 bridgehead atoms. The molecule has 1 saturated carbocycles. The van der Waals surface area contributed by atoms with Gasteiger partial charge in [-0.05, 0) is 31.3 Å². The van der Waals surface area contributed by atoms with Crippen molar-refractivity contribution in [3.05, 3.63) is 46.9 Å². The van der Waals surface area contributed by atoms with Gasteiger partial charge in [0.1, 0.15) is 28.9 Å². The number of amides is 2. The zero-order valence-electron chi connectivity index (χ0n) is 21.0. The number of carbonyl (C=O) groups excluding carboxylic acids is 2. The van der Waals surface area contributed by atoms with Crippen molar-refractivity contribution in [1.82, 2.24) is 15.2 Å². The number of nitrogen functional groups attached to an aromatic ring is 1. The van der Waals surface area contributed by atoms with Crippen molar-refractivity contribution in [3.63, 3.8) is 0 Å². The average Bonchev–Trinajstić information content (AvgIpc) is 3.62. The van der Waals surface area contributed by atoms with Crippen LogP contribution in [0.3, 0.4) is 0 Å². The molecule has 2 amide bonds. The zero-order valence-corrected chi connectivity index (χ0v) is 23.5. The van der Waals surface area contributed by atoms with Crippen molar-refractivity contribution in [2.24, 2.45) is 5.16 Å². The lowest BCUT2D eigenvalue weighted by atomic mass is 10.0. The molecule has 0 spiro atoms. The Morgan fingerprint density at radius 3 is 2.72 bits per heavy atom. The highest BCUT2D eigenvalue weighted by Crippen LogP contribution is 2.41. The van der Waals surface area contributed by atoms with Gasteiger partial charge in [-0.1, -0.05) is 9.83 Å². The third-order valence-corrected chi connectivity index (χ3v) is 9.69. The minimum atomic E-state index is -1.17. The lowest BCUT2D eigenvalue weighted by Gasteiger charge is -2.49. The third kappa shape index (κ3) is 5.84. The number of nitrogens with two attached hydrogens (primary N) is 1. The summed E-state index contributed by atoms with van der Waals surface area (Å²) in [6, 6.07) is 2.95. The molecule has 2 fully saturated rings. The van der Waals surface area contributed by atoms with Gasteiger partial charge in [-0.2, -0.15) is 5.43 Å². The Kier molecular flexibility index (Phi) is 8.28. The number of carbonyl (C=O) groups is 3. The molecule has 0 unspecified atom stereocenters. The Morgan fingerprint density at radius 1 is 1.33 bits per heavy atom. The molecule has 3 aliphatic rings. The summed E-state index contributed by atoms with van der Waals surface area (Å²) in [4.78, 5) is 50.6. The fourth-order valence-electron chi connectivity index (χ4n) is 4.55. The molecule has 15 heteroatoms. The molecule has 0 radical (unpaired) electrons. The molecule has 1 aliphatic carbocycles. The molecule has 2 aliphatic heterocycles. The first-order chi connectivity index (χ1) is 18.9. The van der Waals surface area contributed by atoms with Crippen LogP contribution in [0.2, 0.25) is 0 Å². The van der Waals surface area contributed by atoms with Crippen molar-refractivity contribution in [3.8, 4) is 0 Å². The topological polar surface area (TPSA) is 163 Å². The van der Waals surface area contributed by atoms with E-state index < -0.39 is 29.2 Å². The summed E-state index contributed by atoms with van der Waals surface area (Å²) in [7, 11) is 1.80. The third-order valence-electron chi connectivity index (χ3n) is 6.58. The summed E-state index contributed by atoms with van der Waals surface area (Å²) in [5.41, 5.74) is 9.58. The molecule has 2 atom stereocenters. The van der Waals surface area contributed by atoms with Crippen molar-refractivity contribution < 1.29 is 29.0 Å².